The Morgan fingerprint density at radius 1 is 1.29 bits per heavy atom. The minimum Gasteiger partial charge on any atom is -0.478 e. The zero-order valence-electron chi connectivity index (χ0n) is 13.1. The van der Waals surface area contributed by atoms with Gasteiger partial charge in [0.2, 0.25) is 0 Å². The molecule has 2 aliphatic heterocycles. The van der Waals surface area contributed by atoms with Crippen molar-refractivity contribution in [2.45, 2.75) is 24.9 Å². The lowest BCUT2D eigenvalue weighted by molar-refractivity contribution is 0.0696. The summed E-state index contributed by atoms with van der Waals surface area (Å²) in [6.45, 7) is 1.34. The molecule has 4 rings (SSSR count). The van der Waals surface area contributed by atoms with Crippen LogP contribution in [0, 0.1) is 0 Å². The molecule has 2 fully saturated rings. The van der Waals surface area contributed by atoms with Gasteiger partial charge < -0.3 is 20.1 Å². The maximum absolute atomic E-state index is 11.5. The second-order valence-corrected chi connectivity index (χ2v) is 6.10. The van der Waals surface area contributed by atoms with Crippen molar-refractivity contribution < 1.29 is 14.6 Å². The Labute approximate surface area is 139 Å². The van der Waals surface area contributed by atoms with Crippen LogP contribution in [-0.4, -0.2) is 46.3 Å². The van der Waals surface area contributed by atoms with Crippen LogP contribution in [0.25, 0.3) is 0 Å². The van der Waals surface area contributed by atoms with E-state index in [2.05, 4.69) is 20.2 Å². The van der Waals surface area contributed by atoms with E-state index >= 15 is 0 Å². The van der Waals surface area contributed by atoms with E-state index in [1.54, 1.807) is 24.5 Å². The van der Waals surface area contributed by atoms with Crippen molar-refractivity contribution in [3.05, 3.63) is 42.2 Å². The van der Waals surface area contributed by atoms with Crippen molar-refractivity contribution in [2.75, 3.05) is 23.4 Å². The van der Waals surface area contributed by atoms with Crippen molar-refractivity contribution in [1.82, 2.24) is 9.97 Å². The van der Waals surface area contributed by atoms with Gasteiger partial charge in [0.25, 0.3) is 0 Å². The summed E-state index contributed by atoms with van der Waals surface area (Å²) in [4.78, 5) is 22.4. The standard InChI is InChI=1S/C17H18N4O3/c22-17(23)11-6-15(19-12-2-1-5-18-8-12)20-16(7-11)21-13-3-4-14(21)10-24-9-13/h1-2,5-8,13-14H,3-4,9-10H2,(H,19,20)(H,22,23). The Bertz CT molecular complexity index is 737. The van der Waals surface area contributed by atoms with Gasteiger partial charge in [0.1, 0.15) is 11.6 Å². The summed E-state index contributed by atoms with van der Waals surface area (Å²) in [5.74, 6) is 0.231. The first kappa shape index (κ1) is 14.9. The highest BCUT2D eigenvalue weighted by Crippen LogP contribution is 2.34. The number of morpholine rings is 1. The summed E-state index contributed by atoms with van der Waals surface area (Å²) in [6, 6.07) is 7.40. The number of rotatable bonds is 4. The molecule has 2 saturated heterocycles. The van der Waals surface area contributed by atoms with Gasteiger partial charge in [-0.25, -0.2) is 9.78 Å². The number of anilines is 3. The molecule has 4 heterocycles. The molecule has 2 aromatic rings. The number of aromatic nitrogens is 2. The molecule has 0 radical (unpaired) electrons. The predicted molar refractivity (Wildman–Crippen MR) is 88.8 cm³/mol. The summed E-state index contributed by atoms with van der Waals surface area (Å²) in [5, 5.41) is 12.6. The zero-order valence-corrected chi connectivity index (χ0v) is 13.1. The molecule has 24 heavy (non-hydrogen) atoms. The van der Waals surface area contributed by atoms with Crippen LogP contribution in [0.1, 0.15) is 23.2 Å². The molecule has 0 saturated carbocycles. The third-order valence-electron chi connectivity index (χ3n) is 4.50. The first-order valence-corrected chi connectivity index (χ1v) is 7.99. The van der Waals surface area contributed by atoms with E-state index in [0.29, 0.717) is 24.8 Å². The third kappa shape index (κ3) is 2.78. The Balaban J connectivity index is 1.70. The van der Waals surface area contributed by atoms with Crippen LogP contribution in [0.3, 0.4) is 0 Å². The first-order valence-electron chi connectivity index (χ1n) is 7.99. The second kappa shape index (κ2) is 6.09. The van der Waals surface area contributed by atoms with Crippen molar-refractivity contribution in [3.8, 4) is 0 Å². The van der Waals surface area contributed by atoms with E-state index in [1.807, 2.05) is 12.1 Å². The normalized spacial score (nSPS) is 22.4. The number of hydrogen-bond donors (Lipinski definition) is 2. The number of carboxylic acid groups (broad SMARTS) is 1. The molecular formula is C17H18N4O3. The minimum atomic E-state index is -0.964. The van der Waals surface area contributed by atoms with Crippen LogP contribution in [0.2, 0.25) is 0 Å². The Morgan fingerprint density at radius 3 is 2.75 bits per heavy atom. The molecular weight excluding hydrogens is 308 g/mol. The highest BCUT2D eigenvalue weighted by atomic mass is 16.5. The van der Waals surface area contributed by atoms with Crippen LogP contribution in [0.5, 0.6) is 0 Å². The van der Waals surface area contributed by atoms with Gasteiger partial charge in [-0.2, -0.15) is 0 Å². The van der Waals surface area contributed by atoms with Crippen LogP contribution < -0.4 is 10.2 Å². The Morgan fingerprint density at radius 2 is 2.08 bits per heavy atom. The van der Waals surface area contributed by atoms with Crippen molar-refractivity contribution in [3.63, 3.8) is 0 Å². The number of pyridine rings is 2. The lowest BCUT2D eigenvalue weighted by Crippen LogP contribution is -2.46. The zero-order chi connectivity index (χ0) is 16.5. The monoisotopic (exact) mass is 326 g/mol. The molecule has 2 bridgehead atoms. The Hall–Kier alpha value is -2.67. The number of nitrogens with zero attached hydrogens (tertiary/aromatic N) is 3. The molecule has 2 N–H and O–H groups in total. The van der Waals surface area contributed by atoms with Crippen LogP contribution >= 0.6 is 0 Å². The fraction of sp³-hybridized carbons (Fsp3) is 0.353. The van der Waals surface area contributed by atoms with E-state index in [4.69, 9.17) is 4.74 Å². The average Bonchev–Trinajstić information content (AvgIpc) is 2.84. The maximum Gasteiger partial charge on any atom is 0.335 e. The predicted octanol–water partition coefficient (Wildman–Crippen LogP) is 2.29. The molecule has 2 aliphatic rings. The van der Waals surface area contributed by atoms with E-state index < -0.39 is 5.97 Å². The molecule has 0 aromatic carbocycles. The van der Waals surface area contributed by atoms with Crippen LogP contribution in [0.15, 0.2) is 36.7 Å². The van der Waals surface area contributed by atoms with E-state index in [1.165, 1.54) is 0 Å². The van der Waals surface area contributed by atoms with Gasteiger partial charge in [0.15, 0.2) is 0 Å². The lowest BCUT2D eigenvalue weighted by Gasteiger charge is -2.35. The largest absolute Gasteiger partial charge is 0.478 e. The molecule has 0 amide bonds. The quantitative estimate of drug-likeness (QED) is 0.891. The maximum atomic E-state index is 11.5. The molecule has 2 atom stereocenters. The molecule has 7 heteroatoms. The van der Waals surface area contributed by atoms with E-state index in [9.17, 15) is 9.90 Å². The van der Waals surface area contributed by atoms with Crippen LogP contribution in [0.4, 0.5) is 17.3 Å². The fourth-order valence-corrected chi connectivity index (χ4v) is 3.42. The number of ether oxygens (including phenoxy) is 1. The molecule has 124 valence electrons. The lowest BCUT2D eigenvalue weighted by atomic mass is 10.2. The molecule has 2 unspecified atom stereocenters. The summed E-state index contributed by atoms with van der Waals surface area (Å²) in [5.41, 5.74) is 0.987. The number of nitrogens with one attached hydrogen (secondary N) is 1. The van der Waals surface area contributed by atoms with Gasteiger partial charge in [-0.3, -0.25) is 4.98 Å². The number of carboxylic acids is 1. The highest BCUT2D eigenvalue weighted by Gasteiger charge is 2.38. The van der Waals surface area contributed by atoms with Gasteiger partial charge >= 0.3 is 5.97 Å². The van der Waals surface area contributed by atoms with Gasteiger partial charge in [-0.15, -0.1) is 0 Å². The van der Waals surface area contributed by atoms with Crippen LogP contribution in [-0.2, 0) is 4.74 Å². The summed E-state index contributed by atoms with van der Waals surface area (Å²) >= 11 is 0. The van der Waals surface area contributed by atoms with Crippen molar-refractivity contribution in [1.29, 1.82) is 0 Å². The highest BCUT2D eigenvalue weighted by molar-refractivity contribution is 5.90. The number of hydrogen-bond acceptors (Lipinski definition) is 6. The molecule has 0 spiro atoms. The minimum absolute atomic E-state index is 0.220. The average molecular weight is 326 g/mol. The molecule has 7 nitrogen and oxygen atoms in total. The van der Waals surface area contributed by atoms with Crippen molar-refractivity contribution >= 4 is 23.3 Å². The SMILES string of the molecule is O=C(O)c1cc(Nc2cccnc2)nc(N2C3CCC2COC3)c1. The van der Waals surface area contributed by atoms with Gasteiger partial charge in [-0.1, -0.05) is 0 Å². The number of aromatic carboxylic acids is 1. The molecule has 0 aliphatic carbocycles. The van der Waals surface area contributed by atoms with Gasteiger partial charge in [-0.05, 0) is 37.1 Å². The fourth-order valence-electron chi connectivity index (χ4n) is 3.42. The first-order chi connectivity index (χ1) is 11.7. The topological polar surface area (TPSA) is 87.6 Å². The number of fused-ring (bicyclic) bond motifs is 2. The van der Waals surface area contributed by atoms with E-state index in [-0.39, 0.29) is 17.6 Å². The second-order valence-electron chi connectivity index (χ2n) is 6.10. The van der Waals surface area contributed by atoms with Crippen molar-refractivity contribution in [2.24, 2.45) is 0 Å². The van der Waals surface area contributed by atoms with Gasteiger partial charge in [0, 0.05) is 6.20 Å². The van der Waals surface area contributed by atoms with E-state index in [0.717, 1.165) is 18.5 Å². The summed E-state index contributed by atoms with van der Waals surface area (Å²) in [6.07, 6.45) is 5.46. The third-order valence-corrected chi connectivity index (χ3v) is 4.50. The van der Waals surface area contributed by atoms with Gasteiger partial charge in [0.05, 0.1) is 42.7 Å². The Kier molecular flexibility index (Phi) is 3.78. The molecule has 2 aromatic heterocycles. The number of carbonyl (C=O) groups is 1. The smallest absolute Gasteiger partial charge is 0.335 e. The summed E-state index contributed by atoms with van der Waals surface area (Å²) < 4.78 is 5.60. The summed E-state index contributed by atoms with van der Waals surface area (Å²) in [7, 11) is 0.